The summed E-state index contributed by atoms with van der Waals surface area (Å²) < 4.78 is 13.8. The van der Waals surface area contributed by atoms with Crippen LogP contribution in [0.5, 0.6) is 0 Å². The number of benzene rings is 1. The minimum absolute atomic E-state index is 0.182. The molecule has 1 atom stereocenters. The van der Waals surface area contributed by atoms with Crippen LogP contribution in [0.25, 0.3) is 0 Å². The normalized spacial score (nSPS) is 21.8. The number of halogens is 1. The first-order chi connectivity index (χ1) is 8.12. The lowest BCUT2D eigenvalue weighted by Gasteiger charge is -2.33. The van der Waals surface area contributed by atoms with E-state index in [4.69, 9.17) is 0 Å². The van der Waals surface area contributed by atoms with Gasteiger partial charge in [0.1, 0.15) is 5.82 Å². The summed E-state index contributed by atoms with van der Waals surface area (Å²) >= 11 is 0. The third-order valence-corrected chi connectivity index (χ3v) is 4.07. The Balaban J connectivity index is 2.25. The first kappa shape index (κ1) is 12.6. The first-order valence-corrected chi connectivity index (χ1v) is 6.60. The predicted molar refractivity (Wildman–Crippen MR) is 67.2 cm³/mol. The summed E-state index contributed by atoms with van der Waals surface area (Å²) in [6.45, 7) is 1.77. The van der Waals surface area contributed by atoms with Crippen molar-refractivity contribution in [2.45, 2.75) is 51.0 Å². The molecular weight excluding hydrogens is 215 g/mol. The molecule has 0 aromatic heterocycles. The van der Waals surface area contributed by atoms with Crippen LogP contribution in [-0.2, 0) is 5.60 Å². The smallest absolute Gasteiger partial charge is 0.129 e. The third-order valence-electron chi connectivity index (χ3n) is 4.07. The maximum atomic E-state index is 13.8. The molecule has 2 heteroatoms. The lowest BCUT2D eigenvalue weighted by atomic mass is 9.78. The lowest BCUT2D eigenvalue weighted by Crippen LogP contribution is -2.32. The number of hydrogen-bond acceptors (Lipinski definition) is 1. The van der Waals surface area contributed by atoms with E-state index in [0.717, 1.165) is 25.7 Å². The van der Waals surface area contributed by atoms with Crippen molar-refractivity contribution in [3.8, 4) is 0 Å². The molecule has 1 aromatic rings. The molecule has 0 heterocycles. The van der Waals surface area contributed by atoms with E-state index in [2.05, 4.69) is 0 Å². The zero-order valence-corrected chi connectivity index (χ0v) is 10.5. The Morgan fingerprint density at radius 3 is 2.29 bits per heavy atom. The van der Waals surface area contributed by atoms with Crippen LogP contribution in [0.1, 0.15) is 51.0 Å². The topological polar surface area (TPSA) is 20.2 Å². The van der Waals surface area contributed by atoms with E-state index >= 15 is 0 Å². The van der Waals surface area contributed by atoms with Crippen LogP contribution in [-0.4, -0.2) is 5.11 Å². The summed E-state index contributed by atoms with van der Waals surface area (Å²) in [6, 6.07) is 6.60. The minimum Gasteiger partial charge on any atom is -0.385 e. The number of aliphatic hydroxyl groups is 1. The fraction of sp³-hybridized carbons (Fsp3) is 0.600. The summed E-state index contributed by atoms with van der Waals surface area (Å²) in [5, 5.41) is 10.7. The van der Waals surface area contributed by atoms with Crippen LogP contribution in [0.4, 0.5) is 4.39 Å². The molecule has 94 valence electrons. The molecule has 1 aliphatic rings. The molecule has 1 aromatic carbocycles. The van der Waals surface area contributed by atoms with E-state index in [1.165, 1.54) is 18.9 Å². The highest BCUT2D eigenvalue weighted by molar-refractivity contribution is 5.24. The van der Waals surface area contributed by atoms with Crippen LogP contribution in [0.2, 0.25) is 0 Å². The van der Waals surface area contributed by atoms with Crippen molar-refractivity contribution in [3.63, 3.8) is 0 Å². The van der Waals surface area contributed by atoms with Crippen LogP contribution in [0.15, 0.2) is 24.3 Å². The summed E-state index contributed by atoms with van der Waals surface area (Å²) in [4.78, 5) is 0. The van der Waals surface area contributed by atoms with Gasteiger partial charge in [-0.05, 0) is 31.7 Å². The van der Waals surface area contributed by atoms with Crippen LogP contribution >= 0.6 is 0 Å². The Labute approximate surface area is 103 Å². The monoisotopic (exact) mass is 236 g/mol. The van der Waals surface area contributed by atoms with Crippen molar-refractivity contribution in [1.82, 2.24) is 0 Å². The minimum atomic E-state index is -1.03. The molecule has 1 unspecified atom stereocenters. The molecule has 0 bridgehead atoms. The van der Waals surface area contributed by atoms with Crippen molar-refractivity contribution in [2.75, 3.05) is 0 Å². The molecule has 1 fully saturated rings. The Kier molecular flexibility index (Phi) is 3.82. The van der Waals surface area contributed by atoms with Gasteiger partial charge in [-0.3, -0.25) is 0 Å². The van der Waals surface area contributed by atoms with Gasteiger partial charge in [-0.15, -0.1) is 0 Å². The average molecular weight is 236 g/mol. The molecule has 0 aliphatic heterocycles. The predicted octanol–water partition coefficient (Wildman–Crippen LogP) is 4.00. The van der Waals surface area contributed by atoms with E-state index < -0.39 is 5.60 Å². The van der Waals surface area contributed by atoms with Gasteiger partial charge in [-0.1, -0.05) is 43.9 Å². The highest BCUT2D eigenvalue weighted by Gasteiger charge is 2.35. The van der Waals surface area contributed by atoms with Gasteiger partial charge >= 0.3 is 0 Å². The average Bonchev–Trinajstić information content (AvgIpc) is 2.58. The van der Waals surface area contributed by atoms with Crippen LogP contribution < -0.4 is 0 Å². The van der Waals surface area contributed by atoms with Gasteiger partial charge < -0.3 is 5.11 Å². The van der Waals surface area contributed by atoms with E-state index in [0.29, 0.717) is 5.56 Å². The zero-order valence-electron chi connectivity index (χ0n) is 10.5. The fourth-order valence-corrected chi connectivity index (χ4v) is 2.93. The molecule has 1 N–H and O–H groups in total. The quantitative estimate of drug-likeness (QED) is 0.769. The van der Waals surface area contributed by atoms with Crippen molar-refractivity contribution in [2.24, 2.45) is 5.92 Å². The second kappa shape index (κ2) is 5.18. The molecule has 1 saturated carbocycles. The van der Waals surface area contributed by atoms with Gasteiger partial charge in [-0.2, -0.15) is 0 Å². The molecule has 17 heavy (non-hydrogen) atoms. The Hall–Kier alpha value is -0.890. The maximum Gasteiger partial charge on any atom is 0.129 e. The van der Waals surface area contributed by atoms with Crippen LogP contribution in [0, 0.1) is 11.7 Å². The lowest BCUT2D eigenvalue weighted by molar-refractivity contribution is -0.0156. The SMILES string of the molecule is CC(O)(c1ccccc1F)C1CCCCCC1. The molecule has 0 spiro atoms. The zero-order chi connectivity index (χ0) is 12.3. The Morgan fingerprint density at radius 2 is 1.71 bits per heavy atom. The molecule has 2 rings (SSSR count). The largest absolute Gasteiger partial charge is 0.385 e. The highest BCUT2D eigenvalue weighted by atomic mass is 19.1. The van der Waals surface area contributed by atoms with Crippen molar-refractivity contribution in [1.29, 1.82) is 0 Å². The van der Waals surface area contributed by atoms with Gasteiger partial charge in [-0.25, -0.2) is 4.39 Å². The van der Waals surface area contributed by atoms with Gasteiger partial charge in [0.15, 0.2) is 0 Å². The standard InChI is InChI=1S/C15H21FO/c1-15(17,12-8-4-2-3-5-9-12)13-10-6-7-11-14(13)16/h6-7,10-12,17H,2-5,8-9H2,1H3. The molecule has 0 amide bonds. The molecule has 1 nitrogen and oxygen atoms in total. The van der Waals surface area contributed by atoms with Gasteiger partial charge in [0, 0.05) is 5.56 Å². The summed E-state index contributed by atoms with van der Waals surface area (Å²) in [5.41, 5.74) is -0.581. The molecule has 1 aliphatic carbocycles. The van der Waals surface area contributed by atoms with E-state index in [-0.39, 0.29) is 11.7 Å². The first-order valence-electron chi connectivity index (χ1n) is 6.60. The molecular formula is C15H21FO. The van der Waals surface area contributed by atoms with Crippen molar-refractivity contribution >= 4 is 0 Å². The van der Waals surface area contributed by atoms with E-state index in [1.54, 1.807) is 25.1 Å². The third kappa shape index (κ3) is 2.68. The van der Waals surface area contributed by atoms with E-state index in [1.807, 2.05) is 0 Å². The van der Waals surface area contributed by atoms with Gasteiger partial charge in [0.2, 0.25) is 0 Å². The second-order valence-corrected chi connectivity index (χ2v) is 5.32. The maximum absolute atomic E-state index is 13.8. The van der Waals surface area contributed by atoms with Gasteiger partial charge in [0.05, 0.1) is 5.60 Å². The molecule has 0 saturated heterocycles. The summed E-state index contributed by atoms with van der Waals surface area (Å²) in [7, 11) is 0. The van der Waals surface area contributed by atoms with Crippen LogP contribution in [0.3, 0.4) is 0 Å². The van der Waals surface area contributed by atoms with Crippen molar-refractivity contribution in [3.05, 3.63) is 35.6 Å². The Morgan fingerprint density at radius 1 is 1.12 bits per heavy atom. The second-order valence-electron chi connectivity index (χ2n) is 5.32. The number of rotatable bonds is 2. The summed E-state index contributed by atoms with van der Waals surface area (Å²) in [6.07, 6.45) is 6.78. The summed E-state index contributed by atoms with van der Waals surface area (Å²) in [5.74, 6) is -0.108. The Bertz CT molecular complexity index is 365. The number of hydrogen-bond donors (Lipinski definition) is 1. The van der Waals surface area contributed by atoms with E-state index in [9.17, 15) is 9.50 Å². The van der Waals surface area contributed by atoms with Crippen molar-refractivity contribution < 1.29 is 9.50 Å². The highest BCUT2D eigenvalue weighted by Crippen LogP contribution is 2.38. The fourth-order valence-electron chi connectivity index (χ4n) is 2.93. The molecule has 0 radical (unpaired) electrons. The van der Waals surface area contributed by atoms with Gasteiger partial charge in [0.25, 0.3) is 0 Å².